The number of nitrogens with zero attached hydrogens (tertiary/aromatic N) is 2. The molecule has 1 aliphatic rings. The second kappa shape index (κ2) is 11.1. The Balaban J connectivity index is 1.54. The molecule has 1 fully saturated rings. The molecule has 31 heavy (non-hydrogen) atoms. The lowest BCUT2D eigenvalue weighted by Gasteiger charge is -2.35. The summed E-state index contributed by atoms with van der Waals surface area (Å²) in [5.74, 6) is 0.635. The van der Waals surface area contributed by atoms with Crippen LogP contribution < -0.4 is 0 Å². The molecule has 2 aromatic carbocycles. The molecule has 0 spiro atoms. The SMILES string of the molecule is CC(c1ccc(C2CCC(N(C)C(=O)c3ccc(Cl)cc3)CC2)cc1)N(C)CCCO. The van der Waals surface area contributed by atoms with Crippen molar-refractivity contribution >= 4 is 17.5 Å². The predicted molar refractivity (Wildman–Crippen MR) is 128 cm³/mol. The van der Waals surface area contributed by atoms with Crippen molar-refractivity contribution in [2.24, 2.45) is 0 Å². The molecule has 2 aromatic rings. The number of carbonyl (C=O) groups is 1. The van der Waals surface area contributed by atoms with E-state index in [-0.39, 0.29) is 12.5 Å². The van der Waals surface area contributed by atoms with Crippen LogP contribution in [-0.2, 0) is 0 Å². The number of rotatable bonds is 8. The molecule has 1 N–H and O–H groups in total. The Hall–Kier alpha value is -1.88. The van der Waals surface area contributed by atoms with Gasteiger partial charge in [0, 0.05) is 42.9 Å². The first-order valence-electron chi connectivity index (χ1n) is 11.3. The average molecular weight is 443 g/mol. The number of carbonyl (C=O) groups excluding carboxylic acids is 1. The van der Waals surface area contributed by atoms with Crippen molar-refractivity contribution in [3.8, 4) is 0 Å². The van der Waals surface area contributed by atoms with E-state index < -0.39 is 0 Å². The highest BCUT2D eigenvalue weighted by Gasteiger charge is 2.28. The molecule has 168 valence electrons. The van der Waals surface area contributed by atoms with Gasteiger partial charge in [0.2, 0.25) is 0 Å². The van der Waals surface area contributed by atoms with E-state index in [0.717, 1.165) is 38.6 Å². The van der Waals surface area contributed by atoms with Gasteiger partial charge in [0.1, 0.15) is 0 Å². The van der Waals surface area contributed by atoms with E-state index in [9.17, 15) is 4.79 Å². The lowest BCUT2D eigenvalue weighted by molar-refractivity contribution is 0.0689. The highest BCUT2D eigenvalue weighted by Crippen LogP contribution is 2.35. The third-order valence-electron chi connectivity index (χ3n) is 6.88. The fourth-order valence-corrected chi connectivity index (χ4v) is 4.70. The fraction of sp³-hybridized carbons (Fsp3) is 0.500. The van der Waals surface area contributed by atoms with Crippen LogP contribution in [0.5, 0.6) is 0 Å². The molecule has 0 bridgehead atoms. The summed E-state index contributed by atoms with van der Waals surface area (Å²) in [6.07, 6.45) is 5.07. The number of halogens is 1. The molecule has 1 aliphatic carbocycles. The molecule has 0 aromatic heterocycles. The molecule has 1 atom stereocenters. The van der Waals surface area contributed by atoms with Gasteiger partial charge in [-0.05, 0) is 87.4 Å². The quantitative estimate of drug-likeness (QED) is 0.585. The minimum atomic E-state index is 0.0729. The first kappa shape index (κ1) is 23.8. The number of hydrogen-bond acceptors (Lipinski definition) is 3. The summed E-state index contributed by atoms with van der Waals surface area (Å²) < 4.78 is 0. The zero-order valence-corrected chi connectivity index (χ0v) is 19.7. The Morgan fingerprint density at radius 2 is 1.65 bits per heavy atom. The molecule has 1 unspecified atom stereocenters. The van der Waals surface area contributed by atoms with Gasteiger partial charge in [0.05, 0.1) is 0 Å². The van der Waals surface area contributed by atoms with Crippen molar-refractivity contribution in [1.29, 1.82) is 0 Å². The van der Waals surface area contributed by atoms with E-state index in [4.69, 9.17) is 16.7 Å². The van der Waals surface area contributed by atoms with E-state index in [2.05, 4.69) is 43.1 Å². The lowest BCUT2D eigenvalue weighted by Crippen LogP contribution is -2.39. The third-order valence-corrected chi connectivity index (χ3v) is 7.13. The fourth-order valence-electron chi connectivity index (χ4n) is 4.57. The first-order valence-corrected chi connectivity index (χ1v) is 11.7. The summed E-state index contributed by atoms with van der Waals surface area (Å²) in [6, 6.07) is 16.8. The van der Waals surface area contributed by atoms with Crippen molar-refractivity contribution in [2.75, 3.05) is 27.2 Å². The van der Waals surface area contributed by atoms with Crippen LogP contribution in [0.3, 0.4) is 0 Å². The zero-order valence-electron chi connectivity index (χ0n) is 18.9. The van der Waals surface area contributed by atoms with E-state index in [1.807, 2.05) is 11.9 Å². The minimum Gasteiger partial charge on any atom is -0.396 e. The van der Waals surface area contributed by atoms with E-state index >= 15 is 0 Å². The molecule has 4 nitrogen and oxygen atoms in total. The zero-order chi connectivity index (χ0) is 22.4. The standard InChI is InChI=1S/C26H35ClN2O2/c1-19(28(2)17-4-18-30)20-5-7-21(8-6-20)22-11-15-25(16-12-22)29(3)26(31)23-9-13-24(27)14-10-23/h5-10,13-14,19,22,25,30H,4,11-12,15-18H2,1-3H3. The number of amides is 1. The molecular formula is C26H35ClN2O2. The second-order valence-corrected chi connectivity index (χ2v) is 9.27. The number of hydrogen-bond donors (Lipinski definition) is 1. The number of benzene rings is 2. The monoisotopic (exact) mass is 442 g/mol. The first-order chi connectivity index (χ1) is 14.9. The Bertz CT molecular complexity index is 829. The Morgan fingerprint density at radius 3 is 2.23 bits per heavy atom. The molecule has 0 saturated heterocycles. The van der Waals surface area contributed by atoms with E-state index in [0.29, 0.717) is 28.6 Å². The largest absolute Gasteiger partial charge is 0.396 e. The van der Waals surface area contributed by atoms with Crippen molar-refractivity contribution in [2.45, 2.75) is 57.0 Å². The third kappa shape index (κ3) is 6.09. The normalized spacial score (nSPS) is 19.9. The topological polar surface area (TPSA) is 43.8 Å². The molecule has 1 saturated carbocycles. The highest BCUT2D eigenvalue weighted by molar-refractivity contribution is 6.30. The van der Waals surface area contributed by atoms with Crippen molar-refractivity contribution in [1.82, 2.24) is 9.80 Å². The van der Waals surface area contributed by atoms with Gasteiger partial charge >= 0.3 is 0 Å². The summed E-state index contributed by atoms with van der Waals surface area (Å²) >= 11 is 5.94. The predicted octanol–water partition coefficient (Wildman–Crippen LogP) is 5.51. The van der Waals surface area contributed by atoms with E-state index in [1.165, 1.54) is 11.1 Å². The molecule has 0 heterocycles. The van der Waals surface area contributed by atoms with Gasteiger partial charge in [0.15, 0.2) is 0 Å². The molecule has 3 rings (SSSR count). The average Bonchev–Trinajstić information content (AvgIpc) is 2.82. The Kier molecular flexibility index (Phi) is 8.53. The maximum absolute atomic E-state index is 12.8. The molecule has 0 aliphatic heterocycles. The second-order valence-electron chi connectivity index (χ2n) is 8.83. The minimum absolute atomic E-state index is 0.0729. The number of aliphatic hydroxyl groups excluding tert-OH is 1. The molecular weight excluding hydrogens is 408 g/mol. The highest BCUT2D eigenvalue weighted by atomic mass is 35.5. The van der Waals surface area contributed by atoms with Crippen LogP contribution in [0.25, 0.3) is 0 Å². The van der Waals surface area contributed by atoms with Crippen LogP contribution in [0, 0.1) is 0 Å². The Labute approximate surface area is 191 Å². The van der Waals surface area contributed by atoms with Crippen molar-refractivity contribution < 1.29 is 9.90 Å². The smallest absolute Gasteiger partial charge is 0.253 e. The molecule has 0 radical (unpaired) electrons. The van der Waals surface area contributed by atoms with Gasteiger partial charge in [-0.2, -0.15) is 0 Å². The van der Waals surface area contributed by atoms with Crippen LogP contribution >= 0.6 is 11.6 Å². The summed E-state index contributed by atoms with van der Waals surface area (Å²) in [6.45, 7) is 3.34. The van der Waals surface area contributed by atoms with Crippen molar-refractivity contribution in [3.05, 3.63) is 70.2 Å². The van der Waals surface area contributed by atoms with Gasteiger partial charge in [-0.3, -0.25) is 9.69 Å². The summed E-state index contributed by atoms with van der Waals surface area (Å²) in [7, 11) is 4.03. The maximum Gasteiger partial charge on any atom is 0.253 e. The molecule has 5 heteroatoms. The number of aliphatic hydroxyl groups is 1. The van der Waals surface area contributed by atoms with Crippen molar-refractivity contribution in [3.63, 3.8) is 0 Å². The van der Waals surface area contributed by atoms with Gasteiger partial charge in [-0.15, -0.1) is 0 Å². The Morgan fingerprint density at radius 1 is 1.03 bits per heavy atom. The summed E-state index contributed by atoms with van der Waals surface area (Å²) in [5.41, 5.74) is 3.41. The van der Waals surface area contributed by atoms with Crippen LogP contribution in [0.4, 0.5) is 0 Å². The lowest BCUT2D eigenvalue weighted by atomic mass is 9.81. The molecule has 1 amide bonds. The van der Waals surface area contributed by atoms with Gasteiger partial charge in [-0.25, -0.2) is 0 Å². The van der Waals surface area contributed by atoms with Gasteiger partial charge in [0.25, 0.3) is 5.91 Å². The summed E-state index contributed by atoms with van der Waals surface area (Å²) in [4.78, 5) is 17.0. The van der Waals surface area contributed by atoms with Crippen LogP contribution in [0.2, 0.25) is 5.02 Å². The van der Waals surface area contributed by atoms with Gasteiger partial charge in [-0.1, -0.05) is 35.9 Å². The van der Waals surface area contributed by atoms with Gasteiger partial charge < -0.3 is 10.0 Å². The van der Waals surface area contributed by atoms with E-state index in [1.54, 1.807) is 24.3 Å². The maximum atomic E-state index is 12.8. The van der Waals surface area contributed by atoms with Crippen LogP contribution in [-0.4, -0.2) is 54.1 Å². The van der Waals surface area contributed by atoms with Crippen LogP contribution in [0.15, 0.2) is 48.5 Å². The van der Waals surface area contributed by atoms with Crippen LogP contribution in [0.1, 0.15) is 72.5 Å². The summed E-state index contributed by atoms with van der Waals surface area (Å²) in [5, 5.41) is 9.70.